The Kier molecular flexibility index (Phi) is 4.67. The van der Waals surface area contributed by atoms with E-state index in [1.54, 1.807) is 24.3 Å². The normalized spacial score (nSPS) is 16.6. The molecule has 144 valence electrons. The lowest BCUT2D eigenvalue weighted by Gasteiger charge is -2.35. The summed E-state index contributed by atoms with van der Waals surface area (Å²) in [6.07, 6.45) is -1.04. The first kappa shape index (κ1) is 19.2. The van der Waals surface area contributed by atoms with Gasteiger partial charge in [0.05, 0.1) is 17.1 Å². The number of hydrogen-bond acceptors (Lipinski definition) is 4. The van der Waals surface area contributed by atoms with E-state index in [0.717, 1.165) is 27.8 Å². The molecule has 2 aromatic carbocycles. The fraction of sp³-hybridized carbons (Fsp3) is 0.350. The van der Waals surface area contributed by atoms with Gasteiger partial charge in [-0.05, 0) is 74.6 Å². The Hall–Kier alpha value is -2.54. The Morgan fingerprint density at radius 1 is 1.00 bits per heavy atom. The summed E-state index contributed by atoms with van der Waals surface area (Å²) in [6.45, 7) is 9.33. The molecule has 2 N–H and O–H groups in total. The van der Waals surface area contributed by atoms with Gasteiger partial charge in [-0.25, -0.2) is 8.42 Å². The van der Waals surface area contributed by atoms with E-state index in [2.05, 4.69) is 0 Å². The van der Waals surface area contributed by atoms with E-state index in [1.807, 2.05) is 34.6 Å². The molecular weight excluding hydrogens is 364 g/mol. The quantitative estimate of drug-likeness (QED) is 0.875. The number of para-hydroxylation sites is 2. The maximum atomic E-state index is 13.7. The van der Waals surface area contributed by atoms with Crippen molar-refractivity contribution in [2.45, 2.75) is 45.6 Å². The standard InChI is InChI=1S/C20H24N2O4S/c1-11-12(2)14(4)19(15(5)13(11)3)27(24,25)22-10-18(20(21)23)26-17-9-7-6-8-16(17)22/h6-9,18H,10H2,1-5H3,(H2,21,23)/t18-/m0/s1. The number of sulfonamides is 1. The first-order valence-corrected chi connectivity index (χ1v) is 10.2. The molecule has 7 heteroatoms. The van der Waals surface area contributed by atoms with E-state index in [1.165, 1.54) is 4.31 Å². The highest BCUT2D eigenvalue weighted by Gasteiger charge is 2.38. The van der Waals surface area contributed by atoms with Crippen LogP contribution < -0.4 is 14.8 Å². The third-order valence-electron chi connectivity index (χ3n) is 5.53. The van der Waals surface area contributed by atoms with Crippen molar-refractivity contribution in [2.75, 3.05) is 10.8 Å². The van der Waals surface area contributed by atoms with E-state index >= 15 is 0 Å². The van der Waals surface area contributed by atoms with Crippen molar-refractivity contribution in [1.29, 1.82) is 0 Å². The van der Waals surface area contributed by atoms with Crippen molar-refractivity contribution >= 4 is 21.6 Å². The Morgan fingerprint density at radius 2 is 1.52 bits per heavy atom. The average Bonchev–Trinajstić information content (AvgIpc) is 2.63. The molecule has 3 rings (SSSR count). The lowest BCUT2D eigenvalue weighted by atomic mass is 9.95. The molecular formula is C20H24N2O4S. The number of fused-ring (bicyclic) bond motifs is 1. The van der Waals surface area contributed by atoms with Crippen LogP contribution in [-0.4, -0.2) is 27.0 Å². The van der Waals surface area contributed by atoms with Gasteiger partial charge in [-0.2, -0.15) is 0 Å². The van der Waals surface area contributed by atoms with Crippen molar-refractivity contribution in [2.24, 2.45) is 5.73 Å². The lowest BCUT2D eigenvalue weighted by Crippen LogP contribution is -2.49. The largest absolute Gasteiger partial charge is 0.476 e. The molecule has 1 amide bonds. The van der Waals surface area contributed by atoms with E-state index < -0.39 is 22.0 Å². The maximum absolute atomic E-state index is 13.7. The monoisotopic (exact) mass is 388 g/mol. The summed E-state index contributed by atoms with van der Waals surface area (Å²) in [5.41, 5.74) is 10.2. The van der Waals surface area contributed by atoms with Gasteiger partial charge in [0.25, 0.3) is 15.9 Å². The summed E-state index contributed by atoms with van der Waals surface area (Å²) < 4.78 is 34.2. The first-order valence-electron chi connectivity index (χ1n) is 8.72. The highest BCUT2D eigenvalue weighted by molar-refractivity contribution is 7.93. The van der Waals surface area contributed by atoms with Gasteiger partial charge in [0.1, 0.15) is 5.75 Å². The van der Waals surface area contributed by atoms with Crippen LogP contribution in [0.5, 0.6) is 5.75 Å². The Labute approximate surface area is 160 Å². The SMILES string of the molecule is Cc1c(C)c(C)c(S(=O)(=O)N2C[C@@H](C(N)=O)Oc3ccccc32)c(C)c1C. The Bertz CT molecular complexity index is 1020. The molecule has 0 radical (unpaired) electrons. The number of nitrogens with zero attached hydrogens (tertiary/aromatic N) is 1. The van der Waals surface area contributed by atoms with Gasteiger partial charge in [-0.1, -0.05) is 12.1 Å². The second kappa shape index (κ2) is 6.56. The molecule has 1 aliphatic rings. The summed E-state index contributed by atoms with van der Waals surface area (Å²) in [6, 6.07) is 6.77. The summed E-state index contributed by atoms with van der Waals surface area (Å²) in [5, 5.41) is 0. The number of carbonyl (C=O) groups is 1. The van der Waals surface area contributed by atoms with Crippen LogP contribution in [0.2, 0.25) is 0 Å². The number of nitrogens with two attached hydrogens (primary N) is 1. The molecule has 0 saturated carbocycles. The molecule has 0 saturated heterocycles. The third kappa shape index (κ3) is 2.96. The second-order valence-corrected chi connectivity index (χ2v) is 8.77. The fourth-order valence-electron chi connectivity index (χ4n) is 3.54. The molecule has 0 aromatic heterocycles. The van der Waals surface area contributed by atoms with Gasteiger partial charge < -0.3 is 10.5 Å². The van der Waals surface area contributed by atoms with Crippen LogP contribution in [0.1, 0.15) is 27.8 Å². The Morgan fingerprint density at radius 3 is 2.07 bits per heavy atom. The number of rotatable bonds is 3. The van der Waals surface area contributed by atoms with Crippen LogP contribution >= 0.6 is 0 Å². The van der Waals surface area contributed by atoms with Crippen molar-refractivity contribution in [3.63, 3.8) is 0 Å². The predicted molar refractivity (Wildman–Crippen MR) is 105 cm³/mol. The van der Waals surface area contributed by atoms with Crippen molar-refractivity contribution < 1.29 is 17.9 Å². The van der Waals surface area contributed by atoms with Gasteiger partial charge in [0.15, 0.2) is 6.10 Å². The number of hydrogen-bond donors (Lipinski definition) is 1. The molecule has 0 aliphatic carbocycles. The minimum Gasteiger partial charge on any atom is -0.476 e. The van der Waals surface area contributed by atoms with Crippen molar-refractivity contribution in [3.8, 4) is 5.75 Å². The topological polar surface area (TPSA) is 89.7 Å². The predicted octanol–water partition coefficient (Wildman–Crippen LogP) is 2.67. The summed E-state index contributed by atoms with van der Waals surface area (Å²) in [5.74, 6) is -0.374. The van der Waals surface area contributed by atoms with Crippen molar-refractivity contribution in [3.05, 3.63) is 52.1 Å². The van der Waals surface area contributed by atoms with Crippen LogP contribution in [0.3, 0.4) is 0 Å². The number of benzene rings is 2. The molecule has 0 spiro atoms. The van der Waals surface area contributed by atoms with E-state index in [-0.39, 0.29) is 11.4 Å². The highest BCUT2D eigenvalue weighted by atomic mass is 32.2. The zero-order valence-corrected chi connectivity index (χ0v) is 17.0. The van der Waals surface area contributed by atoms with Gasteiger partial charge in [-0.3, -0.25) is 9.10 Å². The van der Waals surface area contributed by atoms with Gasteiger partial charge in [0.2, 0.25) is 0 Å². The molecule has 1 aliphatic heterocycles. The van der Waals surface area contributed by atoms with E-state index in [0.29, 0.717) is 11.4 Å². The highest BCUT2D eigenvalue weighted by Crippen LogP contribution is 2.39. The minimum atomic E-state index is -3.92. The maximum Gasteiger partial charge on any atom is 0.265 e. The van der Waals surface area contributed by atoms with Crippen LogP contribution in [0.4, 0.5) is 5.69 Å². The number of carbonyl (C=O) groups excluding carboxylic acids is 1. The van der Waals surface area contributed by atoms with Crippen LogP contribution in [-0.2, 0) is 14.8 Å². The molecule has 27 heavy (non-hydrogen) atoms. The first-order chi connectivity index (χ1) is 12.6. The molecule has 0 fully saturated rings. The number of ether oxygens (including phenoxy) is 1. The van der Waals surface area contributed by atoms with Gasteiger partial charge in [0, 0.05) is 0 Å². The Balaban J connectivity index is 2.26. The smallest absolute Gasteiger partial charge is 0.265 e. The summed E-state index contributed by atoms with van der Waals surface area (Å²) >= 11 is 0. The number of anilines is 1. The fourth-order valence-corrected chi connectivity index (χ4v) is 5.58. The molecule has 2 aromatic rings. The summed E-state index contributed by atoms with van der Waals surface area (Å²) in [7, 11) is -3.92. The second-order valence-electron chi connectivity index (χ2n) is 6.97. The summed E-state index contributed by atoms with van der Waals surface area (Å²) in [4.78, 5) is 12.0. The van der Waals surface area contributed by atoms with E-state index in [9.17, 15) is 13.2 Å². The third-order valence-corrected chi connectivity index (χ3v) is 7.59. The van der Waals surface area contributed by atoms with Crippen LogP contribution in [0.25, 0.3) is 0 Å². The molecule has 1 atom stereocenters. The lowest BCUT2D eigenvalue weighted by molar-refractivity contribution is -0.124. The molecule has 0 unspecified atom stereocenters. The molecule has 0 bridgehead atoms. The molecule has 1 heterocycles. The number of amides is 1. The van der Waals surface area contributed by atoms with Gasteiger partial charge in [-0.15, -0.1) is 0 Å². The van der Waals surface area contributed by atoms with E-state index in [4.69, 9.17) is 10.5 Å². The zero-order chi connectivity index (χ0) is 20.1. The minimum absolute atomic E-state index is 0.153. The van der Waals surface area contributed by atoms with Crippen molar-refractivity contribution in [1.82, 2.24) is 0 Å². The molecule has 6 nitrogen and oxygen atoms in total. The zero-order valence-electron chi connectivity index (χ0n) is 16.2. The average molecular weight is 388 g/mol. The number of primary amides is 1. The van der Waals surface area contributed by atoms with Crippen LogP contribution in [0.15, 0.2) is 29.2 Å². The van der Waals surface area contributed by atoms with Gasteiger partial charge >= 0.3 is 0 Å². The van der Waals surface area contributed by atoms with Crippen LogP contribution in [0, 0.1) is 34.6 Å².